The summed E-state index contributed by atoms with van der Waals surface area (Å²) in [5.41, 5.74) is 0. The molecule has 0 aliphatic carbocycles. The minimum Gasteiger partial charge on any atom is -0.395 e. The zero-order chi connectivity index (χ0) is 18.0. The zero-order valence-electron chi connectivity index (χ0n) is 14.5. The van der Waals surface area contributed by atoms with Crippen LogP contribution in [-0.4, -0.2) is 103 Å². The van der Waals surface area contributed by atoms with Gasteiger partial charge in [-0.05, 0) is 12.8 Å². The molecule has 0 aromatic rings. The van der Waals surface area contributed by atoms with Gasteiger partial charge in [0.1, 0.15) is 0 Å². The maximum atomic E-state index is 12.6. The molecule has 0 saturated carbocycles. The van der Waals surface area contributed by atoms with Gasteiger partial charge in [-0.3, -0.25) is 14.5 Å². The highest BCUT2D eigenvalue weighted by atomic mass is 32.2. The molecule has 9 heteroatoms. The van der Waals surface area contributed by atoms with Crippen LogP contribution in [0.25, 0.3) is 0 Å². The molecule has 3 fully saturated rings. The summed E-state index contributed by atoms with van der Waals surface area (Å²) in [7, 11) is -3.16. The van der Waals surface area contributed by atoms with E-state index in [0.29, 0.717) is 45.4 Å². The smallest absolute Gasteiger partial charge is 0.223 e. The molecule has 25 heavy (non-hydrogen) atoms. The maximum absolute atomic E-state index is 12.6. The molecule has 142 valence electrons. The van der Waals surface area contributed by atoms with E-state index in [0.717, 1.165) is 13.0 Å². The zero-order valence-corrected chi connectivity index (χ0v) is 15.3. The molecular weight excluding hydrogens is 346 g/mol. The highest BCUT2D eigenvalue weighted by Gasteiger charge is 2.47. The third kappa shape index (κ3) is 4.15. The average Bonchev–Trinajstić information content (AvgIpc) is 3.10. The van der Waals surface area contributed by atoms with E-state index >= 15 is 0 Å². The van der Waals surface area contributed by atoms with E-state index in [1.54, 1.807) is 9.80 Å². The first-order chi connectivity index (χ1) is 11.9. The Morgan fingerprint density at radius 1 is 1.12 bits per heavy atom. The van der Waals surface area contributed by atoms with E-state index < -0.39 is 9.84 Å². The van der Waals surface area contributed by atoms with Crippen molar-refractivity contribution in [2.24, 2.45) is 0 Å². The molecule has 3 aliphatic heterocycles. The number of hydrogen-bond donors (Lipinski definition) is 1. The molecule has 3 heterocycles. The first kappa shape index (κ1) is 18.6. The van der Waals surface area contributed by atoms with Crippen molar-refractivity contribution in [1.29, 1.82) is 0 Å². The van der Waals surface area contributed by atoms with E-state index in [2.05, 4.69) is 0 Å². The first-order valence-electron chi connectivity index (χ1n) is 9.04. The standard InChI is InChI=1S/C16H27N3O5S/c20-10-9-17-7-8-19(14-12-25(23,24)11-13(14)17)16(22)4-2-6-18-5-1-3-15(18)21/h13-14,20H,1-12H2/t13-,14+/m1/s1. The summed E-state index contributed by atoms with van der Waals surface area (Å²) in [4.78, 5) is 29.7. The van der Waals surface area contributed by atoms with Crippen molar-refractivity contribution in [3.8, 4) is 0 Å². The summed E-state index contributed by atoms with van der Waals surface area (Å²) in [6, 6.07) is -0.527. The van der Waals surface area contributed by atoms with Crippen LogP contribution in [0.2, 0.25) is 0 Å². The van der Waals surface area contributed by atoms with Gasteiger partial charge in [0.05, 0.1) is 24.2 Å². The number of nitrogens with zero attached hydrogens (tertiary/aromatic N) is 3. The molecule has 0 aromatic heterocycles. The predicted molar refractivity (Wildman–Crippen MR) is 91.6 cm³/mol. The maximum Gasteiger partial charge on any atom is 0.223 e. The Bertz CT molecular complexity index is 623. The lowest BCUT2D eigenvalue weighted by molar-refractivity contribution is -0.137. The lowest BCUT2D eigenvalue weighted by Gasteiger charge is -2.43. The van der Waals surface area contributed by atoms with Gasteiger partial charge in [-0.2, -0.15) is 0 Å². The first-order valence-corrected chi connectivity index (χ1v) is 10.9. The van der Waals surface area contributed by atoms with Crippen LogP contribution in [0.15, 0.2) is 0 Å². The Hall–Kier alpha value is -1.19. The predicted octanol–water partition coefficient (Wildman–Crippen LogP) is -1.31. The van der Waals surface area contributed by atoms with Crippen molar-refractivity contribution in [2.45, 2.75) is 37.8 Å². The number of carbonyl (C=O) groups excluding carboxylic acids is 2. The molecule has 0 aromatic carbocycles. The number of hydrogen-bond acceptors (Lipinski definition) is 6. The summed E-state index contributed by atoms with van der Waals surface area (Å²) >= 11 is 0. The number of likely N-dealkylation sites (tertiary alicyclic amines) is 1. The molecule has 2 amide bonds. The van der Waals surface area contributed by atoms with Gasteiger partial charge in [-0.25, -0.2) is 8.42 Å². The molecule has 0 bridgehead atoms. The van der Waals surface area contributed by atoms with E-state index in [4.69, 9.17) is 0 Å². The van der Waals surface area contributed by atoms with Crippen LogP contribution in [0.4, 0.5) is 0 Å². The van der Waals surface area contributed by atoms with Crippen LogP contribution in [0.5, 0.6) is 0 Å². The molecule has 0 unspecified atom stereocenters. The van der Waals surface area contributed by atoms with Gasteiger partial charge in [0.15, 0.2) is 9.84 Å². The van der Waals surface area contributed by atoms with E-state index in [1.165, 1.54) is 0 Å². The molecule has 2 atom stereocenters. The Morgan fingerprint density at radius 2 is 1.88 bits per heavy atom. The minimum atomic E-state index is -3.16. The topological polar surface area (TPSA) is 98.2 Å². The van der Waals surface area contributed by atoms with Crippen molar-refractivity contribution < 1.29 is 23.1 Å². The monoisotopic (exact) mass is 373 g/mol. The number of amides is 2. The van der Waals surface area contributed by atoms with E-state index in [1.807, 2.05) is 4.90 Å². The molecule has 0 radical (unpaired) electrons. The fourth-order valence-corrected chi connectivity index (χ4v) is 6.26. The van der Waals surface area contributed by atoms with Gasteiger partial charge in [0.25, 0.3) is 0 Å². The summed E-state index contributed by atoms with van der Waals surface area (Å²) < 4.78 is 24.1. The fraction of sp³-hybridized carbons (Fsp3) is 0.875. The van der Waals surface area contributed by atoms with Gasteiger partial charge in [0, 0.05) is 51.6 Å². The second kappa shape index (κ2) is 7.59. The Labute approximate surface area is 148 Å². The number of piperazine rings is 1. The van der Waals surface area contributed by atoms with Crippen LogP contribution in [-0.2, 0) is 19.4 Å². The molecule has 3 aliphatic rings. The largest absolute Gasteiger partial charge is 0.395 e. The number of carbonyl (C=O) groups is 2. The molecule has 0 spiro atoms. The quantitative estimate of drug-likeness (QED) is 0.621. The summed E-state index contributed by atoms with van der Waals surface area (Å²) in [5, 5.41) is 9.18. The third-order valence-electron chi connectivity index (χ3n) is 5.49. The SMILES string of the molecule is O=C1CCCN1CCCC(=O)N1CCN(CCO)[C@@H]2CS(=O)(=O)C[C@@H]21. The minimum absolute atomic E-state index is 0.00987. The van der Waals surface area contributed by atoms with Crippen molar-refractivity contribution in [3.63, 3.8) is 0 Å². The molecule has 3 saturated heterocycles. The van der Waals surface area contributed by atoms with Crippen LogP contribution >= 0.6 is 0 Å². The van der Waals surface area contributed by atoms with Crippen LogP contribution < -0.4 is 0 Å². The van der Waals surface area contributed by atoms with Crippen molar-refractivity contribution in [2.75, 3.05) is 50.8 Å². The summed E-state index contributed by atoms with van der Waals surface area (Å²) in [5.74, 6) is 0.203. The van der Waals surface area contributed by atoms with Crippen LogP contribution in [0.1, 0.15) is 25.7 Å². The number of aliphatic hydroxyl groups excluding tert-OH is 1. The van der Waals surface area contributed by atoms with E-state index in [-0.39, 0.29) is 42.0 Å². The Morgan fingerprint density at radius 3 is 2.56 bits per heavy atom. The lowest BCUT2D eigenvalue weighted by Crippen LogP contribution is -2.61. The second-order valence-electron chi connectivity index (χ2n) is 7.15. The van der Waals surface area contributed by atoms with Crippen molar-refractivity contribution >= 4 is 21.7 Å². The van der Waals surface area contributed by atoms with Gasteiger partial charge in [-0.1, -0.05) is 0 Å². The second-order valence-corrected chi connectivity index (χ2v) is 9.30. The van der Waals surface area contributed by atoms with Crippen LogP contribution in [0.3, 0.4) is 0 Å². The molecule has 3 rings (SSSR count). The third-order valence-corrected chi connectivity index (χ3v) is 7.19. The number of β-amino-alcohol motifs (C(OH)–C–C–N with tert-alkyl or cyclic N) is 1. The van der Waals surface area contributed by atoms with Gasteiger partial charge in [-0.15, -0.1) is 0 Å². The Balaban J connectivity index is 1.57. The van der Waals surface area contributed by atoms with Crippen molar-refractivity contribution in [3.05, 3.63) is 0 Å². The van der Waals surface area contributed by atoms with Gasteiger partial charge >= 0.3 is 0 Å². The normalized spacial score (nSPS) is 29.2. The molecule has 8 nitrogen and oxygen atoms in total. The van der Waals surface area contributed by atoms with E-state index in [9.17, 15) is 23.1 Å². The van der Waals surface area contributed by atoms with Gasteiger partial charge in [0.2, 0.25) is 11.8 Å². The Kier molecular flexibility index (Phi) is 5.65. The number of rotatable bonds is 6. The summed E-state index contributed by atoms with van der Waals surface area (Å²) in [6.07, 6.45) is 2.45. The number of fused-ring (bicyclic) bond motifs is 1. The molecule has 1 N–H and O–H groups in total. The van der Waals surface area contributed by atoms with Crippen molar-refractivity contribution in [1.82, 2.24) is 14.7 Å². The lowest BCUT2D eigenvalue weighted by atomic mass is 10.0. The highest BCUT2D eigenvalue weighted by Crippen LogP contribution is 2.27. The van der Waals surface area contributed by atoms with Gasteiger partial charge < -0.3 is 14.9 Å². The van der Waals surface area contributed by atoms with Crippen LogP contribution in [0, 0.1) is 0 Å². The summed E-state index contributed by atoms with van der Waals surface area (Å²) in [6.45, 7) is 2.89. The molecular formula is C16H27N3O5S. The fourth-order valence-electron chi connectivity index (χ4n) is 4.25. The highest BCUT2D eigenvalue weighted by molar-refractivity contribution is 7.91. The number of sulfone groups is 1. The number of aliphatic hydroxyl groups is 1. The average molecular weight is 373 g/mol.